The highest BCUT2D eigenvalue weighted by molar-refractivity contribution is 9.10. The van der Waals surface area contributed by atoms with E-state index < -0.39 is 0 Å². The molecule has 0 bridgehead atoms. The topological polar surface area (TPSA) is 49.3 Å². The maximum Gasteiger partial charge on any atom is 0.262 e. The molecule has 0 aromatic carbocycles. The van der Waals surface area contributed by atoms with Gasteiger partial charge in [0.2, 0.25) is 0 Å². The third-order valence-electron chi connectivity index (χ3n) is 1.91. The van der Waals surface area contributed by atoms with Gasteiger partial charge in [-0.2, -0.15) is 0 Å². The van der Waals surface area contributed by atoms with Crippen molar-refractivity contribution in [3.8, 4) is 0 Å². The summed E-state index contributed by atoms with van der Waals surface area (Å²) in [6.45, 7) is 2.35. The number of hydrogen-bond donors (Lipinski definition) is 2. The first-order valence-corrected chi connectivity index (χ1v) is 6.47. The van der Waals surface area contributed by atoms with E-state index >= 15 is 0 Å². The Hall–Kier alpha value is -0.390. The fraction of sp³-hybridized carbons (Fsp3) is 0.500. The molecule has 2 N–H and O–H groups in total. The summed E-state index contributed by atoms with van der Waals surface area (Å²) in [6.07, 6.45) is 1.22. The second-order valence-electron chi connectivity index (χ2n) is 3.34. The zero-order valence-electron chi connectivity index (χ0n) is 8.50. The van der Waals surface area contributed by atoms with Gasteiger partial charge in [0.1, 0.15) is 4.88 Å². The molecule has 0 saturated heterocycles. The fourth-order valence-corrected chi connectivity index (χ4v) is 2.60. The highest BCUT2D eigenvalue weighted by atomic mass is 79.9. The van der Waals surface area contributed by atoms with Gasteiger partial charge in [-0.15, -0.1) is 11.3 Å². The summed E-state index contributed by atoms with van der Waals surface area (Å²) in [4.78, 5) is 12.3. The van der Waals surface area contributed by atoms with Crippen molar-refractivity contribution in [2.24, 2.45) is 0 Å². The Labute approximate surface area is 102 Å². The van der Waals surface area contributed by atoms with E-state index in [4.69, 9.17) is 5.11 Å². The van der Waals surface area contributed by atoms with Crippen LogP contribution in [0.1, 0.15) is 29.4 Å². The number of halogens is 1. The largest absolute Gasteiger partial charge is 0.393 e. The van der Waals surface area contributed by atoms with Gasteiger partial charge in [0.05, 0.1) is 6.10 Å². The van der Waals surface area contributed by atoms with Crippen molar-refractivity contribution in [3.63, 3.8) is 0 Å². The highest BCUT2D eigenvalue weighted by Gasteiger charge is 2.10. The number of nitrogens with one attached hydrogen (secondary N) is 1. The Kier molecular flexibility index (Phi) is 5.28. The summed E-state index contributed by atoms with van der Waals surface area (Å²) in [5.74, 6) is -0.0533. The normalized spacial score (nSPS) is 12.5. The molecule has 5 heteroatoms. The number of rotatable bonds is 5. The van der Waals surface area contributed by atoms with Crippen molar-refractivity contribution in [2.45, 2.75) is 25.9 Å². The van der Waals surface area contributed by atoms with Gasteiger partial charge in [0.25, 0.3) is 5.91 Å². The number of aliphatic hydroxyl groups is 1. The number of thiophene rings is 1. The van der Waals surface area contributed by atoms with Crippen LogP contribution < -0.4 is 5.32 Å². The lowest BCUT2D eigenvalue weighted by Crippen LogP contribution is -2.24. The third-order valence-corrected chi connectivity index (χ3v) is 3.74. The second kappa shape index (κ2) is 6.25. The molecule has 1 rings (SSSR count). The van der Waals surface area contributed by atoms with Crippen LogP contribution >= 0.6 is 27.3 Å². The van der Waals surface area contributed by atoms with Crippen LogP contribution in [0, 0.1) is 0 Å². The van der Waals surface area contributed by atoms with Crippen molar-refractivity contribution in [2.75, 3.05) is 6.54 Å². The number of carbonyl (C=O) groups excluding carboxylic acids is 1. The minimum atomic E-state index is -0.296. The van der Waals surface area contributed by atoms with E-state index in [1.165, 1.54) is 11.3 Å². The first kappa shape index (κ1) is 12.7. The lowest BCUT2D eigenvalue weighted by Gasteiger charge is -2.05. The van der Waals surface area contributed by atoms with Gasteiger partial charge >= 0.3 is 0 Å². The molecule has 1 unspecified atom stereocenters. The standard InChI is InChI=1S/C10H14BrNO2S/c1-7(13)3-2-5-12-10(14)9-8(11)4-6-15-9/h4,6-7,13H,2-3,5H2,1H3,(H,12,14). The summed E-state index contributed by atoms with van der Waals surface area (Å²) >= 11 is 4.72. The molecule has 84 valence electrons. The maximum absolute atomic E-state index is 11.6. The maximum atomic E-state index is 11.6. The predicted molar refractivity (Wildman–Crippen MR) is 65.3 cm³/mol. The molecule has 1 aromatic heterocycles. The Balaban J connectivity index is 2.28. The number of carbonyl (C=O) groups is 1. The first-order chi connectivity index (χ1) is 7.11. The van der Waals surface area contributed by atoms with Gasteiger partial charge in [-0.3, -0.25) is 4.79 Å². The van der Waals surface area contributed by atoms with E-state index in [0.717, 1.165) is 10.9 Å². The zero-order chi connectivity index (χ0) is 11.3. The second-order valence-corrected chi connectivity index (χ2v) is 5.12. The molecule has 1 amide bonds. The fourth-order valence-electron chi connectivity index (χ4n) is 1.14. The molecule has 0 fully saturated rings. The lowest BCUT2D eigenvalue weighted by atomic mass is 10.2. The van der Waals surface area contributed by atoms with Gasteiger partial charge in [0.15, 0.2) is 0 Å². The third kappa shape index (κ3) is 4.32. The summed E-state index contributed by atoms with van der Waals surface area (Å²) in [7, 11) is 0. The average Bonchev–Trinajstić information content (AvgIpc) is 2.58. The van der Waals surface area contributed by atoms with Crippen molar-refractivity contribution >= 4 is 33.2 Å². The Bertz CT molecular complexity index is 325. The van der Waals surface area contributed by atoms with Gasteiger partial charge < -0.3 is 10.4 Å². The summed E-state index contributed by atoms with van der Waals surface area (Å²) in [6, 6.07) is 1.86. The molecule has 0 spiro atoms. The average molecular weight is 292 g/mol. The van der Waals surface area contributed by atoms with Crippen molar-refractivity contribution in [1.29, 1.82) is 0 Å². The Morgan fingerprint density at radius 1 is 1.73 bits per heavy atom. The minimum Gasteiger partial charge on any atom is -0.393 e. The molecular weight excluding hydrogens is 278 g/mol. The Morgan fingerprint density at radius 2 is 2.47 bits per heavy atom. The van der Waals surface area contributed by atoms with Crippen LogP contribution in [0.25, 0.3) is 0 Å². The van der Waals surface area contributed by atoms with Crippen LogP contribution in [0.15, 0.2) is 15.9 Å². The van der Waals surface area contributed by atoms with Gasteiger partial charge in [-0.1, -0.05) is 0 Å². The molecule has 0 saturated carbocycles. The zero-order valence-corrected chi connectivity index (χ0v) is 10.9. The minimum absolute atomic E-state index is 0.0533. The van der Waals surface area contributed by atoms with E-state index in [1.807, 2.05) is 11.4 Å². The molecular formula is C10H14BrNO2S. The number of hydrogen-bond acceptors (Lipinski definition) is 3. The first-order valence-electron chi connectivity index (χ1n) is 4.80. The Morgan fingerprint density at radius 3 is 3.00 bits per heavy atom. The summed E-state index contributed by atoms with van der Waals surface area (Å²) in [5.41, 5.74) is 0. The van der Waals surface area contributed by atoms with Crippen molar-refractivity contribution in [3.05, 3.63) is 20.8 Å². The van der Waals surface area contributed by atoms with E-state index in [-0.39, 0.29) is 12.0 Å². The lowest BCUT2D eigenvalue weighted by molar-refractivity contribution is 0.0953. The highest BCUT2D eigenvalue weighted by Crippen LogP contribution is 2.22. The van der Waals surface area contributed by atoms with Gasteiger partial charge in [-0.05, 0) is 47.1 Å². The molecule has 1 heterocycles. The smallest absolute Gasteiger partial charge is 0.262 e. The summed E-state index contributed by atoms with van der Waals surface area (Å²) in [5, 5.41) is 13.7. The monoisotopic (exact) mass is 291 g/mol. The van der Waals surface area contributed by atoms with Gasteiger partial charge in [-0.25, -0.2) is 0 Å². The molecule has 0 radical (unpaired) electrons. The molecule has 0 aliphatic carbocycles. The SMILES string of the molecule is CC(O)CCCNC(=O)c1sccc1Br. The molecule has 0 aliphatic heterocycles. The molecule has 1 atom stereocenters. The van der Waals surface area contributed by atoms with E-state index in [9.17, 15) is 4.79 Å². The van der Waals surface area contributed by atoms with E-state index in [2.05, 4.69) is 21.2 Å². The van der Waals surface area contributed by atoms with E-state index in [0.29, 0.717) is 17.8 Å². The molecule has 1 aromatic rings. The predicted octanol–water partition coefficient (Wildman–Crippen LogP) is 2.40. The molecule has 3 nitrogen and oxygen atoms in total. The number of aliphatic hydroxyl groups excluding tert-OH is 1. The van der Waals surface area contributed by atoms with Crippen LogP contribution in [0.5, 0.6) is 0 Å². The van der Waals surface area contributed by atoms with Crippen molar-refractivity contribution in [1.82, 2.24) is 5.32 Å². The quantitative estimate of drug-likeness (QED) is 0.819. The van der Waals surface area contributed by atoms with Crippen molar-refractivity contribution < 1.29 is 9.90 Å². The summed E-state index contributed by atoms with van der Waals surface area (Å²) < 4.78 is 0.834. The van der Waals surface area contributed by atoms with Crippen LogP contribution in [-0.4, -0.2) is 23.7 Å². The molecule has 0 aliphatic rings. The van der Waals surface area contributed by atoms with Crippen LogP contribution in [0.3, 0.4) is 0 Å². The van der Waals surface area contributed by atoms with Crippen LogP contribution in [-0.2, 0) is 0 Å². The van der Waals surface area contributed by atoms with Crippen LogP contribution in [0.4, 0.5) is 0 Å². The van der Waals surface area contributed by atoms with Gasteiger partial charge in [0, 0.05) is 11.0 Å². The van der Waals surface area contributed by atoms with Crippen LogP contribution in [0.2, 0.25) is 0 Å². The number of amides is 1. The molecule has 15 heavy (non-hydrogen) atoms. The van der Waals surface area contributed by atoms with E-state index in [1.54, 1.807) is 6.92 Å².